The molecule has 0 aromatic heterocycles. The SMILES string of the molecule is O=C(CCC(=O)c1ccc2c(c1)OCCO2)NCc1ccc2c(c1)OCCO2. The third-order valence-electron chi connectivity index (χ3n) is 4.54. The Morgan fingerprint density at radius 3 is 2.07 bits per heavy atom. The van der Waals surface area contributed by atoms with Crippen LogP contribution in [0.15, 0.2) is 36.4 Å². The van der Waals surface area contributed by atoms with Gasteiger partial charge in [-0.15, -0.1) is 0 Å². The molecule has 1 amide bonds. The molecule has 0 atom stereocenters. The number of fused-ring (bicyclic) bond motifs is 2. The summed E-state index contributed by atoms with van der Waals surface area (Å²) in [6.45, 7) is 2.40. The molecule has 2 aliphatic heterocycles. The molecule has 0 saturated carbocycles. The molecule has 28 heavy (non-hydrogen) atoms. The fourth-order valence-electron chi connectivity index (χ4n) is 3.07. The van der Waals surface area contributed by atoms with Crippen molar-refractivity contribution in [3.63, 3.8) is 0 Å². The molecule has 0 radical (unpaired) electrons. The average Bonchev–Trinajstić information content (AvgIpc) is 2.75. The van der Waals surface area contributed by atoms with E-state index in [1.165, 1.54) is 0 Å². The number of carbonyl (C=O) groups excluding carboxylic acids is 2. The molecule has 4 rings (SSSR count). The lowest BCUT2D eigenvalue weighted by atomic mass is 10.1. The molecule has 0 unspecified atom stereocenters. The molecule has 0 fully saturated rings. The van der Waals surface area contributed by atoms with Gasteiger partial charge in [-0.3, -0.25) is 9.59 Å². The van der Waals surface area contributed by atoms with Gasteiger partial charge in [-0.05, 0) is 35.9 Å². The second kappa shape index (κ2) is 8.21. The molecule has 0 saturated heterocycles. The quantitative estimate of drug-likeness (QED) is 0.772. The van der Waals surface area contributed by atoms with Gasteiger partial charge in [-0.2, -0.15) is 0 Å². The lowest BCUT2D eigenvalue weighted by Crippen LogP contribution is -2.23. The van der Waals surface area contributed by atoms with Crippen LogP contribution in [0.5, 0.6) is 23.0 Å². The van der Waals surface area contributed by atoms with Gasteiger partial charge >= 0.3 is 0 Å². The Kier molecular flexibility index (Phi) is 5.32. The minimum absolute atomic E-state index is 0.105. The summed E-state index contributed by atoms with van der Waals surface area (Å²) < 4.78 is 22.0. The summed E-state index contributed by atoms with van der Waals surface area (Å²) in [5.74, 6) is 2.32. The van der Waals surface area contributed by atoms with E-state index in [0.717, 1.165) is 5.56 Å². The number of ketones is 1. The van der Waals surface area contributed by atoms with Gasteiger partial charge in [-0.1, -0.05) is 6.07 Å². The number of nitrogens with one attached hydrogen (secondary N) is 1. The lowest BCUT2D eigenvalue weighted by molar-refractivity contribution is -0.121. The van der Waals surface area contributed by atoms with Gasteiger partial charge < -0.3 is 24.3 Å². The zero-order valence-electron chi connectivity index (χ0n) is 15.4. The number of amides is 1. The Bertz CT molecular complexity index is 894. The molecule has 2 heterocycles. The second-order valence-corrected chi connectivity index (χ2v) is 6.54. The summed E-state index contributed by atoms with van der Waals surface area (Å²) >= 11 is 0. The van der Waals surface area contributed by atoms with Crippen molar-refractivity contribution in [2.75, 3.05) is 26.4 Å². The zero-order valence-corrected chi connectivity index (χ0v) is 15.4. The molecule has 7 heteroatoms. The molecule has 0 spiro atoms. The number of carbonyl (C=O) groups is 2. The van der Waals surface area contributed by atoms with E-state index < -0.39 is 0 Å². The van der Waals surface area contributed by atoms with Crippen LogP contribution in [0.4, 0.5) is 0 Å². The standard InChI is InChI=1S/C21H21NO6/c23-16(15-2-5-18-20(12-15)28-10-8-26-18)3-6-21(24)22-13-14-1-4-17-19(11-14)27-9-7-25-17/h1-2,4-5,11-12H,3,6-10,13H2,(H,22,24). The second-order valence-electron chi connectivity index (χ2n) is 6.54. The largest absolute Gasteiger partial charge is 0.486 e. The summed E-state index contributed by atoms with van der Waals surface area (Å²) in [6.07, 6.45) is 0.254. The molecule has 2 aromatic carbocycles. The van der Waals surface area contributed by atoms with Crippen molar-refractivity contribution in [3.8, 4) is 23.0 Å². The van der Waals surface area contributed by atoms with Gasteiger partial charge in [-0.25, -0.2) is 0 Å². The lowest BCUT2D eigenvalue weighted by Gasteiger charge is -2.19. The van der Waals surface area contributed by atoms with Crippen LogP contribution < -0.4 is 24.3 Å². The van der Waals surface area contributed by atoms with E-state index in [4.69, 9.17) is 18.9 Å². The Balaban J connectivity index is 1.27. The Labute approximate surface area is 162 Å². The topological polar surface area (TPSA) is 83.1 Å². The third kappa shape index (κ3) is 4.19. The molecule has 1 N–H and O–H groups in total. The van der Waals surface area contributed by atoms with Crippen LogP contribution in [0, 0.1) is 0 Å². The Hall–Kier alpha value is -3.22. The van der Waals surface area contributed by atoms with Crippen molar-refractivity contribution in [2.45, 2.75) is 19.4 Å². The first kappa shape index (κ1) is 18.2. The number of Topliss-reactive ketones (excluding diaryl/α,β-unsaturated/α-hetero) is 1. The van der Waals surface area contributed by atoms with Gasteiger partial charge in [0.25, 0.3) is 0 Å². The van der Waals surface area contributed by atoms with Crippen molar-refractivity contribution in [1.29, 1.82) is 0 Å². The maximum atomic E-state index is 12.4. The molecular weight excluding hydrogens is 362 g/mol. The minimum Gasteiger partial charge on any atom is -0.486 e. The number of hydrogen-bond donors (Lipinski definition) is 1. The summed E-state index contributed by atoms with van der Waals surface area (Å²) in [4.78, 5) is 24.5. The maximum absolute atomic E-state index is 12.4. The molecular formula is C21H21NO6. The average molecular weight is 383 g/mol. The molecule has 2 aliphatic rings. The predicted octanol–water partition coefficient (Wildman–Crippen LogP) is 2.51. The minimum atomic E-state index is -0.180. The van der Waals surface area contributed by atoms with Crippen LogP contribution in [0.25, 0.3) is 0 Å². The van der Waals surface area contributed by atoms with Gasteiger partial charge in [0.1, 0.15) is 26.4 Å². The summed E-state index contributed by atoms with van der Waals surface area (Å²) in [5, 5.41) is 2.83. The van der Waals surface area contributed by atoms with E-state index in [9.17, 15) is 9.59 Å². The predicted molar refractivity (Wildman–Crippen MR) is 100 cm³/mol. The van der Waals surface area contributed by atoms with Crippen LogP contribution in [0.1, 0.15) is 28.8 Å². The molecule has 7 nitrogen and oxygen atoms in total. The number of rotatable bonds is 6. The van der Waals surface area contributed by atoms with Crippen molar-refractivity contribution < 1.29 is 28.5 Å². The fraction of sp³-hybridized carbons (Fsp3) is 0.333. The summed E-state index contributed by atoms with van der Waals surface area (Å²) in [5.41, 5.74) is 1.43. The van der Waals surface area contributed by atoms with Crippen LogP contribution in [0.3, 0.4) is 0 Å². The highest BCUT2D eigenvalue weighted by Crippen LogP contribution is 2.32. The summed E-state index contributed by atoms with van der Waals surface area (Å²) in [7, 11) is 0. The number of benzene rings is 2. The van der Waals surface area contributed by atoms with Gasteiger partial charge in [0, 0.05) is 24.9 Å². The summed E-state index contributed by atoms with van der Waals surface area (Å²) in [6, 6.07) is 10.7. The molecule has 0 bridgehead atoms. The first-order chi connectivity index (χ1) is 13.7. The van der Waals surface area contributed by atoms with E-state index in [1.54, 1.807) is 18.2 Å². The van der Waals surface area contributed by atoms with Crippen molar-refractivity contribution in [2.24, 2.45) is 0 Å². The van der Waals surface area contributed by atoms with Crippen molar-refractivity contribution in [1.82, 2.24) is 5.32 Å². The van der Waals surface area contributed by atoms with Crippen LogP contribution in [0.2, 0.25) is 0 Å². The number of ether oxygens (including phenoxy) is 4. The van der Waals surface area contributed by atoms with E-state index >= 15 is 0 Å². The first-order valence-corrected chi connectivity index (χ1v) is 9.27. The van der Waals surface area contributed by atoms with Gasteiger partial charge in [0.15, 0.2) is 28.8 Å². The van der Waals surface area contributed by atoms with E-state index in [2.05, 4.69) is 5.32 Å². The highest BCUT2D eigenvalue weighted by Gasteiger charge is 2.16. The molecule has 2 aromatic rings. The van der Waals surface area contributed by atoms with E-state index in [1.807, 2.05) is 18.2 Å². The van der Waals surface area contributed by atoms with Crippen molar-refractivity contribution >= 4 is 11.7 Å². The molecule has 0 aliphatic carbocycles. The number of hydrogen-bond acceptors (Lipinski definition) is 6. The smallest absolute Gasteiger partial charge is 0.220 e. The highest BCUT2D eigenvalue weighted by molar-refractivity contribution is 5.98. The van der Waals surface area contributed by atoms with Crippen LogP contribution in [-0.2, 0) is 11.3 Å². The van der Waals surface area contributed by atoms with E-state index in [0.29, 0.717) is 61.5 Å². The van der Waals surface area contributed by atoms with Gasteiger partial charge in [0.2, 0.25) is 5.91 Å². The fourth-order valence-corrected chi connectivity index (χ4v) is 3.07. The first-order valence-electron chi connectivity index (χ1n) is 9.27. The van der Waals surface area contributed by atoms with E-state index in [-0.39, 0.29) is 24.5 Å². The van der Waals surface area contributed by atoms with Crippen molar-refractivity contribution in [3.05, 3.63) is 47.5 Å². The normalized spacial score (nSPS) is 14.3. The molecule has 146 valence electrons. The third-order valence-corrected chi connectivity index (χ3v) is 4.54. The monoisotopic (exact) mass is 383 g/mol. The Morgan fingerprint density at radius 2 is 1.36 bits per heavy atom. The zero-order chi connectivity index (χ0) is 19.3. The maximum Gasteiger partial charge on any atom is 0.220 e. The van der Waals surface area contributed by atoms with Crippen LogP contribution >= 0.6 is 0 Å². The Morgan fingerprint density at radius 1 is 0.750 bits per heavy atom. The van der Waals surface area contributed by atoms with Gasteiger partial charge in [0.05, 0.1) is 0 Å². The highest BCUT2D eigenvalue weighted by atomic mass is 16.6. The van der Waals surface area contributed by atoms with Crippen LogP contribution in [-0.4, -0.2) is 38.1 Å².